The van der Waals surface area contributed by atoms with Gasteiger partial charge in [0.1, 0.15) is 11.5 Å². The third kappa shape index (κ3) is 4.95. The van der Waals surface area contributed by atoms with E-state index in [1.807, 2.05) is 50.2 Å². The molecule has 0 bridgehead atoms. The lowest BCUT2D eigenvalue weighted by molar-refractivity contribution is -0.123. The fraction of sp³-hybridized carbons (Fsp3) is 0.222. The first-order chi connectivity index (χ1) is 11.5. The smallest absolute Gasteiger partial charge is 0.277 e. The van der Waals surface area contributed by atoms with E-state index < -0.39 is 0 Å². The van der Waals surface area contributed by atoms with Gasteiger partial charge in [0.2, 0.25) is 0 Å². The summed E-state index contributed by atoms with van der Waals surface area (Å²) in [5.41, 5.74) is 5.48. The molecule has 0 aliphatic heterocycles. The van der Waals surface area contributed by atoms with E-state index in [0.717, 1.165) is 26.0 Å². The molecule has 0 saturated heterocycles. The zero-order valence-electron chi connectivity index (χ0n) is 13.8. The number of halogens is 1. The van der Waals surface area contributed by atoms with Crippen molar-refractivity contribution in [3.05, 3.63) is 56.7 Å². The van der Waals surface area contributed by atoms with Crippen LogP contribution in [0.25, 0.3) is 0 Å². The minimum Gasteiger partial charge on any atom is -0.496 e. The number of benzene rings is 2. The van der Waals surface area contributed by atoms with Crippen LogP contribution in [0.3, 0.4) is 0 Å². The number of nitrogens with zero attached hydrogens (tertiary/aromatic N) is 1. The number of rotatable bonds is 6. The van der Waals surface area contributed by atoms with Crippen molar-refractivity contribution in [2.45, 2.75) is 13.8 Å². The highest BCUT2D eigenvalue weighted by molar-refractivity contribution is 14.1. The van der Waals surface area contributed by atoms with Crippen molar-refractivity contribution in [3.8, 4) is 11.5 Å². The minimum atomic E-state index is -0.310. The maximum atomic E-state index is 11.8. The summed E-state index contributed by atoms with van der Waals surface area (Å²) in [7, 11) is 1.63. The standard InChI is InChI=1S/C18H19IN2O3/c1-12-5-4-6-16(13(12)2)24-11-18(22)21-20-10-14-7-8-17(23-3)15(19)9-14/h4-10H,11H2,1-3H3,(H,21,22). The Bertz CT molecular complexity index is 760. The number of nitrogens with one attached hydrogen (secondary N) is 1. The summed E-state index contributed by atoms with van der Waals surface area (Å²) in [5.74, 6) is 1.20. The maximum absolute atomic E-state index is 11.8. The van der Waals surface area contributed by atoms with Gasteiger partial charge < -0.3 is 9.47 Å². The van der Waals surface area contributed by atoms with Gasteiger partial charge in [0.25, 0.3) is 5.91 Å². The van der Waals surface area contributed by atoms with E-state index in [9.17, 15) is 4.79 Å². The fourth-order valence-electron chi connectivity index (χ4n) is 2.00. The van der Waals surface area contributed by atoms with Crippen molar-refractivity contribution in [1.82, 2.24) is 5.43 Å². The summed E-state index contributed by atoms with van der Waals surface area (Å²) in [6, 6.07) is 11.4. The Balaban J connectivity index is 1.86. The summed E-state index contributed by atoms with van der Waals surface area (Å²) in [4.78, 5) is 11.8. The van der Waals surface area contributed by atoms with Gasteiger partial charge in [-0.2, -0.15) is 5.10 Å². The van der Waals surface area contributed by atoms with Gasteiger partial charge in [-0.25, -0.2) is 5.43 Å². The van der Waals surface area contributed by atoms with Crippen molar-refractivity contribution in [2.75, 3.05) is 13.7 Å². The van der Waals surface area contributed by atoms with Crippen LogP contribution < -0.4 is 14.9 Å². The van der Waals surface area contributed by atoms with Crippen LogP contribution in [0.15, 0.2) is 41.5 Å². The number of carbonyl (C=O) groups excluding carboxylic acids is 1. The quantitative estimate of drug-likeness (QED) is 0.427. The second kappa shape index (κ2) is 8.68. The Morgan fingerprint density at radius 2 is 2.04 bits per heavy atom. The lowest BCUT2D eigenvalue weighted by atomic mass is 10.1. The molecule has 126 valence electrons. The van der Waals surface area contributed by atoms with Crippen molar-refractivity contribution in [2.24, 2.45) is 5.10 Å². The van der Waals surface area contributed by atoms with Crippen LogP contribution in [-0.2, 0) is 4.79 Å². The van der Waals surface area contributed by atoms with Crippen LogP contribution in [0.4, 0.5) is 0 Å². The van der Waals surface area contributed by atoms with Crippen molar-refractivity contribution in [3.63, 3.8) is 0 Å². The molecule has 1 amide bonds. The number of hydrogen-bond acceptors (Lipinski definition) is 4. The molecule has 0 aromatic heterocycles. The molecule has 0 spiro atoms. The molecule has 5 nitrogen and oxygen atoms in total. The van der Waals surface area contributed by atoms with Crippen LogP contribution in [0.2, 0.25) is 0 Å². The molecular weight excluding hydrogens is 419 g/mol. The van der Waals surface area contributed by atoms with Crippen LogP contribution in [-0.4, -0.2) is 25.8 Å². The number of methoxy groups -OCH3 is 1. The topological polar surface area (TPSA) is 59.9 Å². The Morgan fingerprint density at radius 1 is 1.25 bits per heavy atom. The zero-order chi connectivity index (χ0) is 17.5. The first kappa shape index (κ1) is 18.3. The first-order valence-corrected chi connectivity index (χ1v) is 8.43. The predicted molar refractivity (Wildman–Crippen MR) is 103 cm³/mol. The maximum Gasteiger partial charge on any atom is 0.277 e. The number of carbonyl (C=O) groups is 1. The minimum absolute atomic E-state index is 0.0816. The normalized spacial score (nSPS) is 10.7. The van der Waals surface area contributed by atoms with Crippen LogP contribution in [0.5, 0.6) is 11.5 Å². The highest BCUT2D eigenvalue weighted by atomic mass is 127. The van der Waals surface area contributed by atoms with Crippen molar-refractivity contribution in [1.29, 1.82) is 0 Å². The Hall–Kier alpha value is -2.09. The largest absolute Gasteiger partial charge is 0.496 e. The molecule has 6 heteroatoms. The Morgan fingerprint density at radius 3 is 2.75 bits per heavy atom. The third-order valence-electron chi connectivity index (χ3n) is 3.49. The fourth-order valence-corrected chi connectivity index (χ4v) is 2.76. The highest BCUT2D eigenvalue weighted by Gasteiger charge is 2.05. The molecule has 0 fully saturated rings. The Kier molecular flexibility index (Phi) is 6.60. The van der Waals surface area contributed by atoms with Gasteiger partial charge in [0, 0.05) is 0 Å². The predicted octanol–water partition coefficient (Wildman–Crippen LogP) is 3.45. The molecular formula is C18H19IN2O3. The molecule has 2 aromatic carbocycles. The molecule has 2 aromatic rings. The molecule has 0 saturated carbocycles. The summed E-state index contributed by atoms with van der Waals surface area (Å²) < 4.78 is 11.7. The molecule has 24 heavy (non-hydrogen) atoms. The summed E-state index contributed by atoms with van der Waals surface area (Å²) in [6.45, 7) is 3.89. The number of amides is 1. The monoisotopic (exact) mass is 438 g/mol. The average molecular weight is 438 g/mol. The number of ether oxygens (including phenoxy) is 2. The molecule has 0 radical (unpaired) electrons. The molecule has 0 unspecified atom stereocenters. The van der Waals surface area contributed by atoms with Gasteiger partial charge in [-0.05, 0) is 77.4 Å². The van der Waals surface area contributed by atoms with Crippen molar-refractivity contribution >= 4 is 34.7 Å². The van der Waals surface area contributed by atoms with E-state index in [2.05, 4.69) is 33.1 Å². The molecule has 0 atom stereocenters. The summed E-state index contributed by atoms with van der Waals surface area (Å²) >= 11 is 2.18. The average Bonchev–Trinajstić information content (AvgIpc) is 2.56. The molecule has 2 rings (SSSR count). The van der Waals surface area contributed by atoms with Gasteiger partial charge in [0.05, 0.1) is 16.9 Å². The number of aryl methyl sites for hydroxylation is 1. The van der Waals surface area contributed by atoms with E-state index >= 15 is 0 Å². The lowest BCUT2D eigenvalue weighted by Crippen LogP contribution is -2.24. The summed E-state index contributed by atoms with van der Waals surface area (Å²) in [6.07, 6.45) is 1.58. The van der Waals surface area contributed by atoms with E-state index in [-0.39, 0.29) is 12.5 Å². The van der Waals surface area contributed by atoms with E-state index in [1.165, 1.54) is 0 Å². The van der Waals surface area contributed by atoms with E-state index in [4.69, 9.17) is 9.47 Å². The lowest BCUT2D eigenvalue weighted by Gasteiger charge is -2.09. The molecule has 0 aliphatic carbocycles. The Labute approximate surface area is 155 Å². The highest BCUT2D eigenvalue weighted by Crippen LogP contribution is 2.21. The summed E-state index contributed by atoms with van der Waals surface area (Å²) in [5, 5.41) is 3.94. The molecule has 0 aliphatic rings. The van der Waals surface area contributed by atoms with Gasteiger partial charge in [-0.1, -0.05) is 12.1 Å². The van der Waals surface area contributed by atoms with Gasteiger partial charge >= 0.3 is 0 Å². The van der Waals surface area contributed by atoms with Crippen LogP contribution >= 0.6 is 22.6 Å². The zero-order valence-corrected chi connectivity index (χ0v) is 16.0. The third-order valence-corrected chi connectivity index (χ3v) is 4.34. The van der Waals surface area contributed by atoms with Gasteiger partial charge in [-0.15, -0.1) is 0 Å². The second-order valence-corrected chi connectivity index (χ2v) is 6.34. The number of hydrazone groups is 1. The van der Waals surface area contributed by atoms with Crippen molar-refractivity contribution < 1.29 is 14.3 Å². The second-order valence-electron chi connectivity index (χ2n) is 5.17. The van der Waals surface area contributed by atoms with Gasteiger partial charge in [0.15, 0.2) is 6.61 Å². The molecule has 1 N–H and O–H groups in total. The molecule has 0 heterocycles. The number of hydrogen-bond donors (Lipinski definition) is 1. The first-order valence-electron chi connectivity index (χ1n) is 7.35. The van der Waals surface area contributed by atoms with E-state index in [0.29, 0.717) is 5.75 Å². The van der Waals surface area contributed by atoms with E-state index in [1.54, 1.807) is 13.3 Å². The van der Waals surface area contributed by atoms with Crippen LogP contribution in [0, 0.1) is 17.4 Å². The SMILES string of the molecule is COc1ccc(C=NNC(=O)COc2cccc(C)c2C)cc1I. The van der Waals surface area contributed by atoms with Crippen LogP contribution in [0.1, 0.15) is 16.7 Å². The van der Waals surface area contributed by atoms with Gasteiger partial charge in [-0.3, -0.25) is 4.79 Å².